The van der Waals surface area contributed by atoms with Crippen LogP contribution >= 0.6 is 0 Å². The number of carbonyl (C=O) groups is 2. The lowest BCUT2D eigenvalue weighted by Crippen LogP contribution is -2.26. The van der Waals surface area contributed by atoms with Crippen LogP contribution in [0.2, 0.25) is 0 Å². The van der Waals surface area contributed by atoms with Crippen LogP contribution in [-0.4, -0.2) is 25.5 Å². The number of ether oxygens (including phenoxy) is 1. The third kappa shape index (κ3) is 4.82. The van der Waals surface area contributed by atoms with Crippen LogP contribution in [-0.2, 0) is 10.9 Å². The van der Waals surface area contributed by atoms with E-state index in [1.54, 1.807) is 0 Å². The lowest BCUT2D eigenvalue weighted by atomic mass is 9.98. The summed E-state index contributed by atoms with van der Waals surface area (Å²) < 4.78 is 45.1. The van der Waals surface area contributed by atoms with Crippen LogP contribution in [0, 0.1) is 0 Å². The van der Waals surface area contributed by atoms with Crippen LogP contribution < -0.4 is 5.32 Å². The van der Waals surface area contributed by atoms with E-state index in [9.17, 15) is 22.8 Å². The normalized spacial score (nSPS) is 12.9. The van der Waals surface area contributed by atoms with Gasteiger partial charge in [0, 0.05) is 18.0 Å². The lowest BCUT2D eigenvalue weighted by molar-refractivity contribution is -0.137. The molecule has 4 nitrogen and oxygen atoms in total. The van der Waals surface area contributed by atoms with Crippen LogP contribution in [0.1, 0.15) is 38.5 Å². The van der Waals surface area contributed by atoms with Gasteiger partial charge in [-0.3, -0.25) is 4.79 Å². The fraction of sp³-hybridized carbons (Fsp3) is 0.154. The first-order valence-electron chi connectivity index (χ1n) is 10.3. The van der Waals surface area contributed by atoms with Gasteiger partial charge < -0.3 is 10.1 Å². The van der Waals surface area contributed by atoms with Crippen LogP contribution in [0.15, 0.2) is 72.8 Å². The Hall–Kier alpha value is -3.87. The van der Waals surface area contributed by atoms with Gasteiger partial charge >= 0.3 is 12.3 Å². The number of halogens is 3. The second-order valence-electron chi connectivity index (χ2n) is 7.57. The van der Waals surface area contributed by atoms with Crippen molar-refractivity contribution in [3.05, 3.63) is 101 Å². The van der Waals surface area contributed by atoms with E-state index in [0.29, 0.717) is 6.29 Å². The van der Waals surface area contributed by atoms with Crippen LogP contribution in [0.25, 0.3) is 17.2 Å². The molecule has 0 radical (unpaired) electrons. The molecule has 0 aliphatic heterocycles. The number of benzene rings is 3. The maximum Gasteiger partial charge on any atom is 0.417 e. The standard InChI is InChI=1S/C26H20F3NO3/c27-26(28,29)24-14-17(15-31)11-12-18(24)6-5-13-30-25(32)33-16-23-21-9-3-1-7-19(21)20-8-2-4-10-22(20)23/h1-12,14-15,23H,13,16H2,(H,30,32). The summed E-state index contributed by atoms with van der Waals surface area (Å²) >= 11 is 0. The summed E-state index contributed by atoms with van der Waals surface area (Å²) in [4.78, 5) is 22.9. The highest BCUT2D eigenvalue weighted by molar-refractivity contribution is 5.79. The average Bonchev–Trinajstić information content (AvgIpc) is 3.13. The summed E-state index contributed by atoms with van der Waals surface area (Å²) in [6, 6.07) is 19.2. The molecule has 0 atom stereocenters. The topological polar surface area (TPSA) is 55.4 Å². The van der Waals surface area contributed by atoms with E-state index in [0.717, 1.165) is 28.3 Å². The molecule has 168 valence electrons. The molecule has 0 bridgehead atoms. The minimum Gasteiger partial charge on any atom is -0.449 e. The first kappa shape index (κ1) is 22.3. The summed E-state index contributed by atoms with van der Waals surface area (Å²) in [5.74, 6) is -0.0793. The van der Waals surface area contributed by atoms with Gasteiger partial charge in [0.05, 0.1) is 5.56 Å². The van der Waals surface area contributed by atoms with E-state index in [4.69, 9.17) is 4.74 Å². The molecular formula is C26H20F3NO3. The Morgan fingerprint density at radius 3 is 2.21 bits per heavy atom. The smallest absolute Gasteiger partial charge is 0.417 e. The van der Waals surface area contributed by atoms with Gasteiger partial charge in [-0.25, -0.2) is 4.79 Å². The number of hydrogen-bond donors (Lipinski definition) is 1. The third-order valence-electron chi connectivity index (χ3n) is 5.52. The van der Waals surface area contributed by atoms with Gasteiger partial charge in [0.15, 0.2) is 0 Å². The molecule has 0 unspecified atom stereocenters. The van der Waals surface area contributed by atoms with Crippen molar-refractivity contribution >= 4 is 18.5 Å². The molecule has 4 rings (SSSR count). The molecule has 0 spiro atoms. The predicted molar refractivity (Wildman–Crippen MR) is 119 cm³/mol. The molecule has 0 heterocycles. The fourth-order valence-corrected chi connectivity index (χ4v) is 4.02. The summed E-state index contributed by atoms with van der Waals surface area (Å²) in [6.07, 6.45) is -2.25. The van der Waals surface area contributed by atoms with Crippen molar-refractivity contribution in [1.82, 2.24) is 5.32 Å². The van der Waals surface area contributed by atoms with E-state index in [1.807, 2.05) is 48.5 Å². The third-order valence-corrected chi connectivity index (χ3v) is 5.52. The molecule has 3 aromatic carbocycles. The average molecular weight is 451 g/mol. The minimum atomic E-state index is -4.60. The molecule has 1 amide bonds. The Balaban J connectivity index is 1.36. The molecular weight excluding hydrogens is 431 g/mol. The van der Waals surface area contributed by atoms with Crippen molar-refractivity contribution in [3.63, 3.8) is 0 Å². The number of alkyl carbamates (subject to hydrolysis) is 1. The molecule has 1 aliphatic carbocycles. The van der Waals surface area contributed by atoms with Gasteiger partial charge in [-0.2, -0.15) is 13.2 Å². The Labute approximate surface area is 188 Å². The van der Waals surface area contributed by atoms with E-state index in [1.165, 1.54) is 24.3 Å². The van der Waals surface area contributed by atoms with E-state index in [-0.39, 0.29) is 30.2 Å². The zero-order valence-corrected chi connectivity index (χ0v) is 17.4. The highest BCUT2D eigenvalue weighted by Gasteiger charge is 2.33. The molecule has 3 aromatic rings. The van der Waals surface area contributed by atoms with Crippen molar-refractivity contribution in [2.24, 2.45) is 0 Å². The minimum absolute atomic E-state index is 0.0105. The summed E-state index contributed by atoms with van der Waals surface area (Å²) in [6.45, 7) is 0.137. The maximum atomic E-state index is 13.2. The first-order chi connectivity index (χ1) is 15.9. The van der Waals surface area contributed by atoms with Crippen molar-refractivity contribution in [2.45, 2.75) is 12.1 Å². The second kappa shape index (κ2) is 9.32. The van der Waals surface area contributed by atoms with Crippen molar-refractivity contribution in [2.75, 3.05) is 13.2 Å². The summed E-state index contributed by atoms with van der Waals surface area (Å²) in [5, 5.41) is 2.52. The zero-order chi connectivity index (χ0) is 23.4. The molecule has 1 N–H and O–H groups in total. The molecule has 1 aliphatic rings. The van der Waals surface area contributed by atoms with Gasteiger partial charge in [0.25, 0.3) is 0 Å². The number of rotatable bonds is 6. The number of fused-ring (bicyclic) bond motifs is 3. The van der Waals surface area contributed by atoms with Gasteiger partial charge in [-0.1, -0.05) is 72.8 Å². The summed E-state index contributed by atoms with van der Waals surface area (Å²) in [5.41, 5.74) is 3.34. The second-order valence-corrected chi connectivity index (χ2v) is 7.57. The fourth-order valence-electron chi connectivity index (χ4n) is 4.02. The number of nitrogens with one attached hydrogen (secondary N) is 1. The van der Waals surface area contributed by atoms with E-state index in [2.05, 4.69) is 5.32 Å². The molecule has 0 saturated carbocycles. The molecule has 0 fully saturated rings. The Kier molecular flexibility index (Phi) is 6.31. The number of amides is 1. The highest BCUT2D eigenvalue weighted by Crippen LogP contribution is 2.44. The quantitative estimate of drug-likeness (QED) is 0.463. The van der Waals surface area contributed by atoms with Crippen LogP contribution in [0.5, 0.6) is 0 Å². The van der Waals surface area contributed by atoms with Crippen molar-refractivity contribution < 1.29 is 27.5 Å². The lowest BCUT2D eigenvalue weighted by Gasteiger charge is -2.14. The Morgan fingerprint density at radius 1 is 0.970 bits per heavy atom. The van der Waals surface area contributed by atoms with Crippen LogP contribution in [0.3, 0.4) is 0 Å². The van der Waals surface area contributed by atoms with E-state index < -0.39 is 17.8 Å². The molecule has 0 aromatic heterocycles. The Morgan fingerprint density at radius 2 is 1.61 bits per heavy atom. The Bertz CT molecular complexity index is 1170. The van der Waals surface area contributed by atoms with Crippen LogP contribution in [0.4, 0.5) is 18.0 Å². The first-order valence-corrected chi connectivity index (χ1v) is 10.3. The predicted octanol–water partition coefficient (Wildman–Crippen LogP) is 6.07. The van der Waals surface area contributed by atoms with Crippen molar-refractivity contribution in [1.29, 1.82) is 0 Å². The van der Waals surface area contributed by atoms with Crippen molar-refractivity contribution in [3.8, 4) is 11.1 Å². The monoisotopic (exact) mass is 451 g/mol. The SMILES string of the molecule is O=Cc1ccc(C=CCNC(=O)OCC2c3ccccc3-c3ccccc32)c(C(F)(F)F)c1. The van der Waals surface area contributed by atoms with E-state index >= 15 is 0 Å². The maximum absolute atomic E-state index is 13.2. The largest absolute Gasteiger partial charge is 0.449 e. The molecule has 7 heteroatoms. The van der Waals surface area contributed by atoms with Gasteiger partial charge in [0.2, 0.25) is 0 Å². The zero-order valence-electron chi connectivity index (χ0n) is 17.4. The number of hydrogen-bond acceptors (Lipinski definition) is 3. The molecule has 33 heavy (non-hydrogen) atoms. The highest BCUT2D eigenvalue weighted by atomic mass is 19.4. The number of alkyl halides is 3. The van der Waals surface area contributed by atoms with Gasteiger partial charge in [0.1, 0.15) is 12.9 Å². The van der Waals surface area contributed by atoms with Gasteiger partial charge in [-0.05, 0) is 33.9 Å². The number of carbonyl (C=O) groups excluding carboxylic acids is 2. The van der Waals surface area contributed by atoms with Gasteiger partial charge in [-0.15, -0.1) is 0 Å². The molecule has 0 saturated heterocycles. The number of aldehydes is 1. The summed E-state index contributed by atoms with van der Waals surface area (Å²) in [7, 11) is 0.